The topological polar surface area (TPSA) is 78.0 Å². The van der Waals surface area contributed by atoms with E-state index in [0.717, 1.165) is 28.2 Å². The molecular formula is C19H17N3O2. The summed E-state index contributed by atoms with van der Waals surface area (Å²) in [4.78, 5) is 18.8. The summed E-state index contributed by atoms with van der Waals surface area (Å²) in [7, 11) is 0. The first-order valence-corrected chi connectivity index (χ1v) is 7.55. The Morgan fingerprint density at radius 1 is 1.17 bits per heavy atom. The highest BCUT2D eigenvalue weighted by molar-refractivity contribution is 5.90. The van der Waals surface area contributed by atoms with E-state index < -0.39 is 5.91 Å². The maximum absolute atomic E-state index is 11.0. The first kappa shape index (κ1) is 15.7. The minimum Gasteiger partial charge on any atom is -0.342 e. The third-order valence-corrected chi connectivity index (χ3v) is 3.57. The van der Waals surface area contributed by atoms with E-state index in [2.05, 4.69) is 9.97 Å². The molecule has 0 saturated carbocycles. The Morgan fingerprint density at radius 2 is 2.00 bits per heavy atom. The molecule has 0 radical (unpaired) electrons. The standard InChI is InChI=1S/C19H17N3O2/c23-19(22-24)10-9-14-5-4-6-15(11-14)12-18-20-13-17(21-18)16-7-2-1-3-8-16/h1-11,13,24H,12H2,(H,20,21)(H,22,23). The molecule has 0 aliphatic heterocycles. The number of hydrogen-bond donors (Lipinski definition) is 3. The minimum absolute atomic E-state index is 0.557. The lowest BCUT2D eigenvalue weighted by Gasteiger charge is -2.01. The van der Waals surface area contributed by atoms with Crippen molar-refractivity contribution in [2.75, 3.05) is 0 Å². The Balaban J connectivity index is 1.74. The maximum Gasteiger partial charge on any atom is 0.267 e. The average Bonchev–Trinajstić information content (AvgIpc) is 3.09. The summed E-state index contributed by atoms with van der Waals surface area (Å²) in [5.41, 5.74) is 5.61. The van der Waals surface area contributed by atoms with Crippen molar-refractivity contribution in [3.63, 3.8) is 0 Å². The van der Waals surface area contributed by atoms with E-state index in [1.54, 1.807) is 11.6 Å². The number of H-pyrrole nitrogens is 1. The van der Waals surface area contributed by atoms with Gasteiger partial charge < -0.3 is 4.98 Å². The Labute approximate surface area is 139 Å². The van der Waals surface area contributed by atoms with Crippen molar-refractivity contribution in [1.82, 2.24) is 15.4 Å². The number of amides is 1. The van der Waals surface area contributed by atoms with Crippen molar-refractivity contribution in [2.24, 2.45) is 0 Å². The highest BCUT2D eigenvalue weighted by atomic mass is 16.5. The number of hydroxylamine groups is 1. The molecule has 1 heterocycles. The molecule has 0 aliphatic carbocycles. The summed E-state index contributed by atoms with van der Waals surface area (Å²) in [6, 6.07) is 17.8. The molecule has 5 heteroatoms. The van der Waals surface area contributed by atoms with Crippen molar-refractivity contribution in [3.8, 4) is 11.3 Å². The van der Waals surface area contributed by atoms with Gasteiger partial charge in [0, 0.05) is 12.5 Å². The third-order valence-electron chi connectivity index (χ3n) is 3.57. The van der Waals surface area contributed by atoms with Crippen LogP contribution < -0.4 is 5.48 Å². The van der Waals surface area contributed by atoms with Crippen molar-refractivity contribution in [3.05, 3.63) is 83.8 Å². The van der Waals surface area contributed by atoms with Gasteiger partial charge in [0.05, 0.1) is 11.9 Å². The van der Waals surface area contributed by atoms with Crippen LogP contribution in [0.1, 0.15) is 17.0 Å². The summed E-state index contributed by atoms with van der Waals surface area (Å²) in [6.07, 6.45) is 5.42. The normalized spacial score (nSPS) is 10.9. The van der Waals surface area contributed by atoms with E-state index in [-0.39, 0.29) is 0 Å². The zero-order valence-corrected chi connectivity index (χ0v) is 12.9. The van der Waals surface area contributed by atoms with Crippen molar-refractivity contribution in [2.45, 2.75) is 6.42 Å². The summed E-state index contributed by atoms with van der Waals surface area (Å²) < 4.78 is 0. The molecule has 0 bridgehead atoms. The van der Waals surface area contributed by atoms with E-state index in [1.807, 2.05) is 60.8 Å². The average molecular weight is 319 g/mol. The maximum atomic E-state index is 11.0. The van der Waals surface area contributed by atoms with Crippen LogP contribution in [0.4, 0.5) is 0 Å². The molecule has 0 spiro atoms. The van der Waals surface area contributed by atoms with Gasteiger partial charge in [0.2, 0.25) is 0 Å². The number of carbonyl (C=O) groups excluding carboxylic acids is 1. The summed E-state index contributed by atoms with van der Waals surface area (Å²) in [5, 5.41) is 8.50. The molecule has 0 atom stereocenters. The Kier molecular flexibility index (Phi) is 4.84. The fourth-order valence-electron chi connectivity index (χ4n) is 2.43. The number of nitrogens with zero attached hydrogens (tertiary/aromatic N) is 1. The van der Waals surface area contributed by atoms with Crippen molar-refractivity contribution < 1.29 is 10.0 Å². The Hall–Kier alpha value is -3.18. The van der Waals surface area contributed by atoms with Gasteiger partial charge in [-0.3, -0.25) is 10.0 Å². The van der Waals surface area contributed by atoms with E-state index in [4.69, 9.17) is 5.21 Å². The molecule has 1 amide bonds. The molecule has 120 valence electrons. The van der Waals surface area contributed by atoms with Gasteiger partial charge >= 0.3 is 0 Å². The van der Waals surface area contributed by atoms with Gasteiger partial charge in [0.15, 0.2) is 0 Å². The van der Waals surface area contributed by atoms with Crippen LogP contribution in [0, 0.1) is 0 Å². The molecule has 5 nitrogen and oxygen atoms in total. The van der Waals surface area contributed by atoms with Gasteiger partial charge in [-0.15, -0.1) is 0 Å². The molecule has 3 rings (SSSR count). The largest absolute Gasteiger partial charge is 0.342 e. The van der Waals surface area contributed by atoms with Crippen LogP contribution >= 0.6 is 0 Å². The number of aromatic amines is 1. The highest BCUT2D eigenvalue weighted by Gasteiger charge is 2.04. The van der Waals surface area contributed by atoms with Gasteiger partial charge in [-0.05, 0) is 22.8 Å². The SMILES string of the molecule is O=C(C=Cc1cccc(Cc2ncc(-c3ccccc3)[nH]2)c1)NO. The molecular weight excluding hydrogens is 302 g/mol. The molecule has 3 aromatic rings. The predicted molar refractivity (Wildman–Crippen MR) is 92.2 cm³/mol. The van der Waals surface area contributed by atoms with Crippen LogP contribution in [-0.4, -0.2) is 21.1 Å². The van der Waals surface area contributed by atoms with Gasteiger partial charge in [0.1, 0.15) is 5.82 Å². The number of carbonyl (C=O) groups is 1. The fourth-order valence-corrected chi connectivity index (χ4v) is 2.43. The molecule has 0 saturated heterocycles. The first-order valence-electron chi connectivity index (χ1n) is 7.55. The van der Waals surface area contributed by atoms with Crippen LogP contribution in [0.2, 0.25) is 0 Å². The number of benzene rings is 2. The van der Waals surface area contributed by atoms with E-state index in [1.165, 1.54) is 6.08 Å². The quantitative estimate of drug-likeness (QED) is 0.384. The number of aromatic nitrogens is 2. The number of hydrogen-bond acceptors (Lipinski definition) is 3. The van der Waals surface area contributed by atoms with Gasteiger partial charge in [0.25, 0.3) is 5.91 Å². The van der Waals surface area contributed by atoms with Crippen LogP contribution in [0.3, 0.4) is 0 Å². The van der Waals surface area contributed by atoms with E-state index in [0.29, 0.717) is 6.42 Å². The Morgan fingerprint density at radius 3 is 2.79 bits per heavy atom. The van der Waals surface area contributed by atoms with Crippen LogP contribution in [0.5, 0.6) is 0 Å². The van der Waals surface area contributed by atoms with Gasteiger partial charge in [-0.1, -0.05) is 54.6 Å². The van der Waals surface area contributed by atoms with E-state index in [9.17, 15) is 4.79 Å². The number of nitrogens with one attached hydrogen (secondary N) is 2. The van der Waals surface area contributed by atoms with Crippen molar-refractivity contribution in [1.29, 1.82) is 0 Å². The molecule has 2 aromatic carbocycles. The number of rotatable bonds is 5. The van der Waals surface area contributed by atoms with Crippen LogP contribution in [-0.2, 0) is 11.2 Å². The lowest BCUT2D eigenvalue weighted by molar-refractivity contribution is -0.124. The number of imidazole rings is 1. The zero-order chi connectivity index (χ0) is 16.8. The van der Waals surface area contributed by atoms with Crippen LogP contribution in [0.15, 0.2) is 66.9 Å². The Bertz CT molecular complexity index is 854. The van der Waals surface area contributed by atoms with Gasteiger partial charge in [-0.25, -0.2) is 10.5 Å². The summed E-state index contributed by atoms with van der Waals surface area (Å²) in [6.45, 7) is 0. The van der Waals surface area contributed by atoms with E-state index >= 15 is 0 Å². The lowest BCUT2D eigenvalue weighted by Crippen LogP contribution is -2.14. The highest BCUT2D eigenvalue weighted by Crippen LogP contribution is 2.18. The third kappa shape index (κ3) is 3.97. The second kappa shape index (κ2) is 7.39. The predicted octanol–water partition coefficient (Wildman–Crippen LogP) is 3.19. The minimum atomic E-state index is -0.557. The second-order valence-corrected chi connectivity index (χ2v) is 5.34. The van der Waals surface area contributed by atoms with Crippen LogP contribution in [0.25, 0.3) is 17.3 Å². The smallest absolute Gasteiger partial charge is 0.267 e. The zero-order valence-electron chi connectivity index (χ0n) is 12.9. The summed E-state index contributed by atoms with van der Waals surface area (Å²) >= 11 is 0. The van der Waals surface area contributed by atoms with Crippen molar-refractivity contribution >= 4 is 12.0 Å². The lowest BCUT2D eigenvalue weighted by atomic mass is 10.1. The molecule has 3 N–H and O–H groups in total. The molecule has 0 unspecified atom stereocenters. The molecule has 24 heavy (non-hydrogen) atoms. The monoisotopic (exact) mass is 319 g/mol. The first-order chi connectivity index (χ1) is 11.7. The second-order valence-electron chi connectivity index (χ2n) is 5.34. The molecule has 1 aromatic heterocycles. The van der Waals surface area contributed by atoms with Gasteiger partial charge in [-0.2, -0.15) is 0 Å². The molecule has 0 aliphatic rings. The summed E-state index contributed by atoms with van der Waals surface area (Å²) in [5.74, 6) is 0.321. The molecule has 0 fully saturated rings. The fraction of sp³-hybridized carbons (Fsp3) is 0.0526.